The summed E-state index contributed by atoms with van der Waals surface area (Å²) in [6, 6.07) is 9.66. The minimum atomic E-state index is -0.933. The number of unbranched alkanes of at least 4 members (excludes halogenated alkanes) is 2. The molecule has 0 aliphatic heterocycles. The minimum absolute atomic E-state index is 0.132. The van der Waals surface area contributed by atoms with Crippen molar-refractivity contribution in [3.05, 3.63) is 47.4 Å². The number of aromatic nitrogens is 3. The summed E-state index contributed by atoms with van der Waals surface area (Å²) in [5.74, 6) is 2.02. The molecule has 2 N–H and O–H groups in total. The average Bonchev–Trinajstić information content (AvgIpc) is 3.12. The molecule has 6 nitrogen and oxygen atoms in total. The predicted molar refractivity (Wildman–Crippen MR) is 118 cm³/mol. The molecule has 3 rings (SSSR count). The number of pyridine rings is 1. The summed E-state index contributed by atoms with van der Waals surface area (Å²) in [4.78, 5) is 10.1. The molecule has 3 aromatic rings. The number of imidazole rings is 1. The van der Waals surface area contributed by atoms with Crippen LogP contribution in [0, 0.1) is 13.8 Å². The lowest BCUT2D eigenvalue weighted by Gasteiger charge is -2.15. The number of fused-ring (bicyclic) bond motifs is 1. The van der Waals surface area contributed by atoms with Crippen LogP contribution in [-0.2, 0) is 22.5 Å². The van der Waals surface area contributed by atoms with Gasteiger partial charge in [0.15, 0.2) is 10.7 Å². The van der Waals surface area contributed by atoms with Crippen molar-refractivity contribution in [2.45, 2.75) is 57.6 Å². The summed E-state index contributed by atoms with van der Waals surface area (Å²) in [6.07, 6.45) is 2.76. The van der Waals surface area contributed by atoms with Crippen LogP contribution >= 0.6 is 0 Å². The number of nitrogens with two attached hydrogens (primary N) is 1. The van der Waals surface area contributed by atoms with E-state index in [-0.39, 0.29) is 6.10 Å². The van der Waals surface area contributed by atoms with Gasteiger partial charge in [-0.2, -0.15) is 0 Å². The molecule has 0 fully saturated rings. The third kappa shape index (κ3) is 4.74. The van der Waals surface area contributed by atoms with Crippen molar-refractivity contribution in [2.75, 3.05) is 18.6 Å². The van der Waals surface area contributed by atoms with E-state index in [9.17, 15) is 4.55 Å². The Kier molecular flexibility index (Phi) is 7.16. The molecule has 0 saturated heterocycles. The van der Waals surface area contributed by atoms with Crippen LogP contribution in [0.5, 0.6) is 0 Å². The van der Waals surface area contributed by atoms with Crippen molar-refractivity contribution >= 4 is 28.0 Å². The second-order valence-electron chi connectivity index (χ2n) is 7.33. The first-order valence-corrected chi connectivity index (χ1v) is 11.3. The van der Waals surface area contributed by atoms with Crippen molar-refractivity contribution in [3.8, 4) is 0 Å². The summed E-state index contributed by atoms with van der Waals surface area (Å²) in [6.45, 7) is 6.85. The van der Waals surface area contributed by atoms with Crippen LogP contribution in [0.4, 0.5) is 5.82 Å². The number of anilines is 1. The lowest BCUT2D eigenvalue weighted by Crippen LogP contribution is -2.10. The number of rotatable bonds is 9. The molecular formula is C22H30N4O2S. The minimum Gasteiger partial charge on any atom is -0.611 e. The number of nitrogen functional groups attached to an aromatic ring is 1. The number of ether oxygens (including phenoxy) is 1. The van der Waals surface area contributed by atoms with Crippen LogP contribution in [0.15, 0.2) is 35.2 Å². The van der Waals surface area contributed by atoms with Crippen LogP contribution in [0.2, 0.25) is 0 Å². The summed E-state index contributed by atoms with van der Waals surface area (Å²) < 4.78 is 20.1. The number of methoxy groups -OCH3 is 1. The smallest absolute Gasteiger partial charge is 0.152 e. The molecule has 0 aliphatic rings. The van der Waals surface area contributed by atoms with E-state index in [1.54, 1.807) is 7.11 Å². The van der Waals surface area contributed by atoms with Crippen LogP contribution in [0.3, 0.4) is 0 Å². The van der Waals surface area contributed by atoms with Crippen LogP contribution < -0.4 is 5.73 Å². The summed E-state index contributed by atoms with van der Waals surface area (Å²) in [7, 11) is 1.69. The van der Waals surface area contributed by atoms with E-state index in [1.165, 1.54) is 0 Å². The van der Waals surface area contributed by atoms with Crippen molar-refractivity contribution in [1.82, 2.24) is 14.5 Å². The van der Waals surface area contributed by atoms with Crippen LogP contribution in [0.25, 0.3) is 11.0 Å². The quantitative estimate of drug-likeness (QED) is 0.416. The van der Waals surface area contributed by atoms with E-state index in [4.69, 9.17) is 15.5 Å². The average molecular weight is 415 g/mol. The van der Waals surface area contributed by atoms with Crippen molar-refractivity contribution < 1.29 is 9.29 Å². The van der Waals surface area contributed by atoms with Gasteiger partial charge in [0.25, 0.3) is 0 Å². The first kappa shape index (κ1) is 21.6. The van der Waals surface area contributed by atoms with Gasteiger partial charge in [0, 0.05) is 19.3 Å². The summed E-state index contributed by atoms with van der Waals surface area (Å²) >= 11 is -0.933. The van der Waals surface area contributed by atoms with E-state index < -0.39 is 11.2 Å². The fraction of sp³-hybridized carbons (Fsp3) is 0.455. The summed E-state index contributed by atoms with van der Waals surface area (Å²) in [5, 5.41) is 0. The predicted octanol–water partition coefficient (Wildman–Crippen LogP) is 4.32. The highest BCUT2D eigenvalue weighted by molar-refractivity contribution is 7.91. The third-order valence-corrected chi connectivity index (χ3v) is 6.82. The van der Waals surface area contributed by atoms with Gasteiger partial charge in [-0.15, -0.1) is 0 Å². The molecule has 7 heteroatoms. The van der Waals surface area contributed by atoms with Gasteiger partial charge in [-0.05, 0) is 68.9 Å². The molecule has 2 heterocycles. The Morgan fingerprint density at radius 3 is 2.55 bits per heavy atom. The van der Waals surface area contributed by atoms with Crippen LogP contribution in [-0.4, -0.2) is 32.0 Å². The topological polar surface area (TPSA) is 89.0 Å². The first-order valence-electron chi connectivity index (χ1n) is 10.0. The van der Waals surface area contributed by atoms with E-state index in [0.29, 0.717) is 11.6 Å². The Balaban J connectivity index is 1.70. The van der Waals surface area contributed by atoms with Gasteiger partial charge in [0.2, 0.25) is 0 Å². The highest BCUT2D eigenvalue weighted by Crippen LogP contribution is 2.29. The molecule has 156 valence electrons. The Morgan fingerprint density at radius 2 is 1.86 bits per heavy atom. The third-order valence-electron chi connectivity index (χ3n) is 5.36. The molecule has 1 aromatic carbocycles. The summed E-state index contributed by atoms with van der Waals surface area (Å²) in [5.41, 5.74) is 9.96. The first-order chi connectivity index (χ1) is 13.9. The number of aryl methyl sites for hydroxylation is 3. The second-order valence-corrected chi connectivity index (χ2v) is 8.90. The van der Waals surface area contributed by atoms with Gasteiger partial charge in [-0.1, -0.05) is 18.2 Å². The normalized spacial score (nSPS) is 13.7. The largest absolute Gasteiger partial charge is 0.611 e. The van der Waals surface area contributed by atoms with Gasteiger partial charge in [0.05, 0.1) is 5.52 Å². The molecule has 0 saturated carbocycles. The number of hydrogen-bond acceptors (Lipinski definition) is 5. The van der Waals surface area contributed by atoms with Crippen molar-refractivity contribution in [2.24, 2.45) is 0 Å². The highest BCUT2D eigenvalue weighted by atomic mass is 32.2. The Morgan fingerprint density at radius 1 is 1.14 bits per heavy atom. The highest BCUT2D eigenvalue weighted by Gasteiger charge is 2.21. The lowest BCUT2D eigenvalue weighted by molar-refractivity contribution is 0.109. The molecule has 0 radical (unpaired) electrons. The molecule has 2 unspecified atom stereocenters. The fourth-order valence-electron chi connectivity index (χ4n) is 3.53. The lowest BCUT2D eigenvalue weighted by atomic mass is 10.2. The van der Waals surface area contributed by atoms with Gasteiger partial charge >= 0.3 is 0 Å². The fourth-order valence-corrected chi connectivity index (χ4v) is 4.69. The number of nitrogens with zero attached hydrogens (tertiary/aromatic N) is 3. The maximum absolute atomic E-state index is 12.4. The van der Waals surface area contributed by atoms with Crippen molar-refractivity contribution in [3.63, 3.8) is 0 Å². The maximum Gasteiger partial charge on any atom is 0.152 e. The van der Waals surface area contributed by atoms with Crippen LogP contribution in [0.1, 0.15) is 49.4 Å². The standard InChI is InChI=1S/C22H30N4O2S/c1-15-16(2)24-21(23)19-20(15)26(22(25-19)17(3)28-4)13-9-6-10-14-29(27)18-11-7-5-8-12-18/h5,7-8,11-12,17H,6,9-10,13-14H2,1-4H3,(H2,23,24). The number of hydrogen-bond donors (Lipinski definition) is 1. The van der Waals surface area contributed by atoms with E-state index in [1.807, 2.05) is 44.2 Å². The number of benzene rings is 1. The second kappa shape index (κ2) is 9.61. The van der Waals surface area contributed by atoms with E-state index in [0.717, 1.165) is 58.8 Å². The Bertz CT molecular complexity index is 959. The molecule has 0 aliphatic carbocycles. The van der Waals surface area contributed by atoms with Gasteiger partial charge in [-0.3, -0.25) is 0 Å². The van der Waals surface area contributed by atoms with Gasteiger partial charge in [0.1, 0.15) is 23.2 Å². The monoisotopic (exact) mass is 414 g/mol. The SMILES string of the molecule is COC(C)c1nc2c(N)nc(C)c(C)c2n1CCCCC[S+]([O-])c1ccccc1. The Labute approximate surface area is 175 Å². The zero-order chi connectivity index (χ0) is 21.0. The molecule has 0 amide bonds. The zero-order valence-corrected chi connectivity index (χ0v) is 18.5. The maximum atomic E-state index is 12.4. The zero-order valence-electron chi connectivity index (χ0n) is 17.6. The Hall–Kier alpha value is -2.09. The van der Waals surface area contributed by atoms with Gasteiger partial charge < -0.3 is 19.6 Å². The molecule has 29 heavy (non-hydrogen) atoms. The van der Waals surface area contributed by atoms with E-state index in [2.05, 4.69) is 16.5 Å². The van der Waals surface area contributed by atoms with Gasteiger partial charge in [-0.25, -0.2) is 9.97 Å². The molecule has 0 spiro atoms. The molecule has 0 bridgehead atoms. The molecule has 2 atom stereocenters. The molecular weight excluding hydrogens is 384 g/mol. The van der Waals surface area contributed by atoms with E-state index >= 15 is 0 Å². The van der Waals surface area contributed by atoms with Crippen molar-refractivity contribution in [1.29, 1.82) is 0 Å². The molecule has 2 aromatic heterocycles.